The van der Waals surface area contributed by atoms with Gasteiger partial charge >= 0.3 is 0 Å². The van der Waals surface area contributed by atoms with Crippen LogP contribution in [0.5, 0.6) is 0 Å². The maximum Gasteiger partial charge on any atom is 0.136 e. The highest BCUT2D eigenvalue weighted by atomic mass is 16.1. The molecule has 0 aromatic rings. The SMILES string of the molecule is CC(C)C1C(=O)CC2CCCC21. The molecule has 0 saturated heterocycles. The van der Waals surface area contributed by atoms with Gasteiger partial charge in [-0.05, 0) is 30.6 Å². The van der Waals surface area contributed by atoms with E-state index in [9.17, 15) is 4.79 Å². The van der Waals surface area contributed by atoms with Gasteiger partial charge in [0, 0.05) is 12.3 Å². The average Bonchev–Trinajstić information content (AvgIpc) is 2.44. The van der Waals surface area contributed by atoms with Crippen molar-refractivity contribution in [1.29, 1.82) is 0 Å². The van der Waals surface area contributed by atoms with E-state index in [4.69, 9.17) is 0 Å². The molecule has 0 aromatic carbocycles. The van der Waals surface area contributed by atoms with Gasteiger partial charge in [-0.3, -0.25) is 4.79 Å². The van der Waals surface area contributed by atoms with Crippen molar-refractivity contribution >= 4 is 5.78 Å². The first kappa shape index (κ1) is 8.28. The third-order valence-corrected chi connectivity index (χ3v) is 3.73. The third kappa shape index (κ3) is 1.10. The largest absolute Gasteiger partial charge is 0.299 e. The smallest absolute Gasteiger partial charge is 0.136 e. The van der Waals surface area contributed by atoms with Crippen molar-refractivity contribution in [1.82, 2.24) is 0 Å². The first-order chi connectivity index (χ1) is 5.70. The molecule has 0 heterocycles. The number of hydrogen-bond donors (Lipinski definition) is 0. The Morgan fingerprint density at radius 1 is 1.33 bits per heavy atom. The Morgan fingerprint density at radius 3 is 2.75 bits per heavy atom. The van der Waals surface area contributed by atoms with E-state index in [1.807, 2.05) is 0 Å². The van der Waals surface area contributed by atoms with Crippen LogP contribution in [0.3, 0.4) is 0 Å². The van der Waals surface area contributed by atoms with Crippen molar-refractivity contribution in [2.75, 3.05) is 0 Å². The molecule has 2 fully saturated rings. The van der Waals surface area contributed by atoms with Crippen LogP contribution in [0.4, 0.5) is 0 Å². The zero-order valence-corrected chi connectivity index (χ0v) is 8.05. The molecule has 12 heavy (non-hydrogen) atoms. The van der Waals surface area contributed by atoms with Crippen LogP contribution >= 0.6 is 0 Å². The molecule has 2 aliphatic carbocycles. The average molecular weight is 166 g/mol. The summed E-state index contributed by atoms with van der Waals surface area (Å²) >= 11 is 0. The summed E-state index contributed by atoms with van der Waals surface area (Å²) in [6, 6.07) is 0. The zero-order valence-electron chi connectivity index (χ0n) is 8.05. The van der Waals surface area contributed by atoms with Crippen LogP contribution in [-0.2, 0) is 4.79 Å². The number of carbonyl (C=O) groups is 1. The van der Waals surface area contributed by atoms with Crippen molar-refractivity contribution in [3.8, 4) is 0 Å². The summed E-state index contributed by atoms with van der Waals surface area (Å²) in [5, 5.41) is 0. The van der Waals surface area contributed by atoms with E-state index in [0.29, 0.717) is 17.6 Å². The Hall–Kier alpha value is -0.330. The normalized spacial score (nSPS) is 40.9. The lowest BCUT2D eigenvalue weighted by Gasteiger charge is -2.20. The van der Waals surface area contributed by atoms with E-state index >= 15 is 0 Å². The molecule has 0 aliphatic heterocycles. The Balaban J connectivity index is 2.16. The van der Waals surface area contributed by atoms with E-state index in [-0.39, 0.29) is 0 Å². The molecule has 2 aliphatic rings. The fourth-order valence-electron chi connectivity index (χ4n) is 3.29. The predicted molar refractivity (Wildman–Crippen MR) is 48.8 cm³/mol. The Morgan fingerprint density at radius 2 is 2.08 bits per heavy atom. The van der Waals surface area contributed by atoms with Crippen LogP contribution in [0.1, 0.15) is 39.5 Å². The van der Waals surface area contributed by atoms with Gasteiger partial charge in [0.05, 0.1) is 0 Å². The fraction of sp³-hybridized carbons (Fsp3) is 0.909. The molecule has 3 atom stereocenters. The van der Waals surface area contributed by atoms with Gasteiger partial charge < -0.3 is 0 Å². The van der Waals surface area contributed by atoms with Crippen molar-refractivity contribution in [3.05, 3.63) is 0 Å². The van der Waals surface area contributed by atoms with Crippen LogP contribution in [0.25, 0.3) is 0 Å². The second-order valence-electron chi connectivity index (χ2n) is 4.80. The minimum Gasteiger partial charge on any atom is -0.299 e. The third-order valence-electron chi connectivity index (χ3n) is 3.73. The summed E-state index contributed by atoms with van der Waals surface area (Å²) in [4.78, 5) is 11.6. The Bertz CT molecular complexity index is 195. The predicted octanol–water partition coefficient (Wildman–Crippen LogP) is 2.65. The molecule has 1 heteroatoms. The Kier molecular flexibility index (Phi) is 1.97. The van der Waals surface area contributed by atoms with Crippen LogP contribution in [0.2, 0.25) is 0 Å². The molecule has 0 spiro atoms. The van der Waals surface area contributed by atoms with Gasteiger partial charge in [-0.1, -0.05) is 20.3 Å². The molecule has 2 saturated carbocycles. The Labute approximate surface area is 74.5 Å². The summed E-state index contributed by atoms with van der Waals surface area (Å²) in [5.74, 6) is 3.07. The van der Waals surface area contributed by atoms with Gasteiger partial charge in [-0.25, -0.2) is 0 Å². The number of Topliss-reactive ketones (excluding diaryl/α,β-unsaturated/α-hetero) is 1. The van der Waals surface area contributed by atoms with E-state index < -0.39 is 0 Å². The maximum atomic E-state index is 11.6. The lowest BCUT2D eigenvalue weighted by Crippen LogP contribution is -2.20. The molecule has 0 radical (unpaired) electrons. The van der Waals surface area contributed by atoms with Crippen molar-refractivity contribution < 1.29 is 4.79 Å². The monoisotopic (exact) mass is 166 g/mol. The van der Waals surface area contributed by atoms with Crippen LogP contribution < -0.4 is 0 Å². The van der Waals surface area contributed by atoms with Gasteiger partial charge in [0.1, 0.15) is 5.78 Å². The van der Waals surface area contributed by atoms with Crippen LogP contribution in [-0.4, -0.2) is 5.78 Å². The zero-order chi connectivity index (χ0) is 8.72. The topological polar surface area (TPSA) is 17.1 Å². The molecule has 0 amide bonds. The fourth-order valence-corrected chi connectivity index (χ4v) is 3.29. The summed E-state index contributed by atoms with van der Waals surface area (Å²) < 4.78 is 0. The molecule has 1 nitrogen and oxygen atoms in total. The van der Waals surface area contributed by atoms with Crippen molar-refractivity contribution in [2.24, 2.45) is 23.7 Å². The summed E-state index contributed by atoms with van der Waals surface area (Å²) in [6.45, 7) is 4.40. The summed E-state index contributed by atoms with van der Waals surface area (Å²) in [6.07, 6.45) is 4.90. The molecular formula is C11H18O. The molecular weight excluding hydrogens is 148 g/mol. The van der Waals surface area contributed by atoms with Gasteiger partial charge in [0.25, 0.3) is 0 Å². The van der Waals surface area contributed by atoms with E-state index in [1.54, 1.807) is 0 Å². The number of carbonyl (C=O) groups excluding carboxylic acids is 1. The van der Waals surface area contributed by atoms with Gasteiger partial charge in [-0.15, -0.1) is 0 Å². The standard InChI is InChI=1S/C11H18O/c1-7(2)11-9-5-3-4-8(9)6-10(11)12/h7-9,11H,3-6H2,1-2H3. The highest BCUT2D eigenvalue weighted by molar-refractivity contribution is 5.84. The highest BCUT2D eigenvalue weighted by Crippen LogP contribution is 2.48. The summed E-state index contributed by atoms with van der Waals surface area (Å²) in [7, 11) is 0. The second kappa shape index (κ2) is 2.86. The van der Waals surface area contributed by atoms with E-state index in [2.05, 4.69) is 13.8 Å². The minimum atomic E-state index is 0.414. The number of rotatable bonds is 1. The lowest BCUT2D eigenvalue weighted by molar-refractivity contribution is -0.122. The first-order valence-corrected chi connectivity index (χ1v) is 5.23. The van der Waals surface area contributed by atoms with Gasteiger partial charge in [-0.2, -0.15) is 0 Å². The van der Waals surface area contributed by atoms with E-state index in [1.165, 1.54) is 19.3 Å². The van der Waals surface area contributed by atoms with E-state index in [0.717, 1.165) is 18.3 Å². The van der Waals surface area contributed by atoms with Gasteiger partial charge in [0.15, 0.2) is 0 Å². The minimum absolute atomic E-state index is 0.414. The van der Waals surface area contributed by atoms with Crippen molar-refractivity contribution in [2.45, 2.75) is 39.5 Å². The number of fused-ring (bicyclic) bond motifs is 1. The second-order valence-corrected chi connectivity index (χ2v) is 4.80. The highest BCUT2D eigenvalue weighted by Gasteiger charge is 2.45. The molecule has 0 bridgehead atoms. The summed E-state index contributed by atoms with van der Waals surface area (Å²) in [5.41, 5.74) is 0. The maximum absolute atomic E-state index is 11.6. The van der Waals surface area contributed by atoms with Crippen LogP contribution in [0, 0.1) is 23.7 Å². The molecule has 3 unspecified atom stereocenters. The van der Waals surface area contributed by atoms with Gasteiger partial charge in [0.2, 0.25) is 0 Å². The number of hydrogen-bond acceptors (Lipinski definition) is 1. The first-order valence-electron chi connectivity index (χ1n) is 5.23. The number of ketones is 1. The van der Waals surface area contributed by atoms with Crippen LogP contribution in [0.15, 0.2) is 0 Å². The van der Waals surface area contributed by atoms with Crippen molar-refractivity contribution in [3.63, 3.8) is 0 Å². The molecule has 0 aromatic heterocycles. The molecule has 0 N–H and O–H groups in total. The lowest BCUT2D eigenvalue weighted by atomic mass is 9.83. The molecule has 68 valence electrons. The quantitative estimate of drug-likeness (QED) is 0.585. The molecule has 2 rings (SSSR count).